The Labute approximate surface area is 154 Å². The maximum atomic E-state index is 13.9. The van der Waals surface area contributed by atoms with Crippen molar-refractivity contribution in [2.75, 3.05) is 0 Å². The standard InChI is InChI=1S/C20H19FN2O4/c1-11-15(14-3-2-4-16(21)19(14)22-11)10-18(25)23-17(20(26)27)9-12-5-7-13(24)8-6-12/h2-8,17,22,24H,9-10H2,1H3,(H,23,25)(H,26,27)/t17-/m0/s1. The van der Waals surface area contributed by atoms with Crippen molar-refractivity contribution in [1.82, 2.24) is 10.3 Å². The number of carbonyl (C=O) groups is 2. The molecule has 0 aliphatic heterocycles. The third-order valence-electron chi connectivity index (χ3n) is 4.45. The summed E-state index contributed by atoms with van der Waals surface area (Å²) in [7, 11) is 0. The molecular formula is C20H19FN2O4. The summed E-state index contributed by atoms with van der Waals surface area (Å²) in [5.74, 6) is -1.94. The molecule has 2 aromatic carbocycles. The number of aliphatic carboxylic acids is 1. The van der Waals surface area contributed by atoms with Gasteiger partial charge in [-0.05, 0) is 36.2 Å². The lowest BCUT2D eigenvalue weighted by Crippen LogP contribution is -2.43. The lowest BCUT2D eigenvalue weighted by Gasteiger charge is -2.15. The number of carboxylic acids is 1. The predicted molar refractivity (Wildman–Crippen MR) is 98.1 cm³/mol. The van der Waals surface area contributed by atoms with Crippen LogP contribution in [0.4, 0.5) is 4.39 Å². The van der Waals surface area contributed by atoms with E-state index >= 15 is 0 Å². The number of rotatable bonds is 6. The Morgan fingerprint density at radius 3 is 2.56 bits per heavy atom. The summed E-state index contributed by atoms with van der Waals surface area (Å²) in [6, 6.07) is 9.63. The van der Waals surface area contributed by atoms with Crippen LogP contribution in [0.3, 0.4) is 0 Å². The van der Waals surface area contributed by atoms with Gasteiger partial charge in [0.05, 0.1) is 11.9 Å². The quantitative estimate of drug-likeness (QED) is 0.536. The van der Waals surface area contributed by atoms with Gasteiger partial charge in [0.15, 0.2) is 0 Å². The minimum absolute atomic E-state index is 0.0609. The van der Waals surface area contributed by atoms with Gasteiger partial charge in [-0.1, -0.05) is 24.3 Å². The topological polar surface area (TPSA) is 102 Å². The third-order valence-corrected chi connectivity index (χ3v) is 4.45. The molecule has 0 bridgehead atoms. The van der Waals surface area contributed by atoms with E-state index in [1.807, 2.05) is 0 Å². The van der Waals surface area contributed by atoms with E-state index in [1.54, 1.807) is 31.2 Å². The van der Waals surface area contributed by atoms with Crippen LogP contribution in [0, 0.1) is 12.7 Å². The van der Waals surface area contributed by atoms with Crippen LogP contribution in [0.2, 0.25) is 0 Å². The highest BCUT2D eigenvalue weighted by Gasteiger charge is 2.22. The Morgan fingerprint density at radius 2 is 1.89 bits per heavy atom. The normalized spacial score (nSPS) is 12.1. The average Bonchev–Trinajstić information content (AvgIpc) is 2.93. The lowest BCUT2D eigenvalue weighted by molar-refractivity contribution is -0.141. The van der Waals surface area contributed by atoms with Crippen molar-refractivity contribution in [2.45, 2.75) is 25.8 Å². The van der Waals surface area contributed by atoms with E-state index in [0.29, 0.717) is 27.7 Å². The van der Waals surface area contributed by atoms with Gasteiger partial charge < -0.3 is 20.5 Å². The number of H-pyrrole nitrogens is 1. The summed E-state index contributed by atoms with van der Waals surface area (Å²) >= 11 is 0. The number of aryl methyl sites for hydroxylation is 1. The zero-order valence-corrected chi connectivity index (χ0v) is 14.6. The van der Waals surface area contributed by atoms with Crippen molar-refractivity contribution in [3.05, 3.63) is 65.1 Å². The number of hydrogen-bond acceptors (Lipinski definition) is 3. The SMILES string of the molecule is Cc1[nH]c2c(F)cccc2c1CC(=O)N[C@@H](Cc1ccc(O)cc1)C(=O)O. The van der Waals surface area contributed by atoms with E-state index in [-0.39, 0.29) is 18.6 Å². The van der Waals surface area contributed by atoms with Crippen molar-refractivity contribution >= 4 is 22.8 Å². The van der Waals surface area contributed by atoms with Crippen LogP contribution < -0.4 is 5.32 Å². The first kappa shape index (κ1) is 18.4. The van der Waals surface area contributed by atoms with Gasteiger partial charge in [0.2, 0.25) is 5.91 Å². The third kappa shape index (κ3) is 4.08. The summed E-state index contributed by atoms with van der Waals surface area (Å²) in [5.41, 5.74) is 2.30. The van der Waals surface area contributed by atoms with Gasteiger partial charge in [-0.3, -0.25) is 4.79 Å². The molecule has 0 aliphatic rings. The monoisotopic (exact) mass is 370 g/mol. The maximum absolute atomic E-state index is 13.9. The minimum Gasteiger partial charge on any atom is -0.508 e. The first-order chi connectivity index (χ1) is 12.8. The molecule has 0 unspecified atom stereocenters. The number of nitrogens with one attached hydrogen (secondary N) is 2. The van der Waals surface area contributed by atoms with Gasteiger partial charge in [-0.2, -0.15) is 0 Å². The summed E-state index contributed by atoms with van der Waals surface area (Å²) in [6.45, 7) is 1.74. The highest BCUT2D eigenvalue weighted by Crippen LogP contribution is 2.24. The first-order valence-corrected chi connectivity index (χ1v) is 8.41. The molecule has 4 N–H and O–H groups in total. The molecule has 1 aromatic heterocycles. The molecule has 3 rings (SSSR count). The highest BCUT2D eigenvalue weighted by molar-refractivity contribution is 5.91. The maximum Gasteiger partial charge on any atom is 0.326 e. The van der Waals surface area contributed by atoms with E-state index in [0.717, 1.165) is 0 Å². The van der Waals surface area contributed by atoms with Gasteiger partial charge in [0.1, 0.15) is 17.6 Å². The largest absolute Gasteiger partial charge is 0.508 e. The number of halogens is 1. The fourth-order valence-corrected chi connectivity index (χ4v) is 3.07. The molecule has 0 fully saturated rings. The number of carboxylic acid groups (broad SMARTS) is 1. The lowest BCUT2D eigenvalue weighted by atomic mass is 10.0. The Morgan fingerprint density at radius 1 is 1.19 bits per heavy atom. The molecule has 6 nitrogen and oxygen atoms in total. The molecule has 1 heterocycles. The number of benzene rings is 2. The van der Waals surface area contributed by atoms with Gasteiger partial charge in [0, 0.05) is 17.5 Å². The Kier molecular flexibility index (Phi) is 5.12. The van der Waals surface area contributed by atoms with E-state index in [2.05, 4.69) is 10.3 Å². The van der Waals surface area contributed by atoms with E-state index < -0.39 is 23.7 Å². The number of carbonyl (C=O) groups excluding carboxylic acids is 1. The minimum atomic E-state index is -1.15. The van der Waals surface area contributed by atoms with Crippen LogP contribution in [-0.4, -0.2) is 33.1 Å². The molecule has 140 valence electrons. The summed E-state index contributed by atoms with van der Waals surface area (Å²) in [5, 5.41) is 21.8. The number of aromatic hydroxyl groups is 1. The fraction of sp³-hybridized carbons (Fsp3) is 0.200. The fourth-order valence-electron chi connectivity index (χ4n) is 3.07. The molecule has 0 spiro atoms. The average molecular weight is 370 g/mol. The zero-order valence-electron chi connectivity index (χ0n) is 14.6. The van der Waals surface area contributed by atoms with Crippen LogP contribution in [0.5, 0.6) is 5.75 Å². The molecule has 1 amide bonds. The van der Waals surface area contributed by atoms with Crippen molar-refractivity contribution in [1.29, 1.82) is 0 Å². The van der Waals surface area contributed by atoms with Crippen LogP contribution >= 0.6 is 0 Å². The predicted octanol–water partition coefficient (Wildman–Crippen LogP) is 2.68. The van der Waals surface area contributed by atoms with Gasteiger partial charge in [-0.25, -0.2) is 9.18 Å². The number of phenols is 1. The van der Waals surface area contributed by atoms with Crippen LogP contribution in [0.15, 0.2) is 42.5 Å². The molecule has 0 saturated heterocycles. The number of fused-ring (bicyclic) bond motifs is 1. The van der Waals surface area contributed by atoms with Crippen molar-refractivity contribution in [2.24, 2.45) is 0 Å². The molecule has 27 heavy (non-hydrogen) atoms. The van der Waals surface area contributed by atoms with Gasteiger partial charge in [-0.15, -0.1) is 0 Å². The number of amides is 1. The Balaban J connectivity index is 1.75. The summed E-state index contributed by atoms with van der Waals surface area (Å²) in [4.78, 5) is 26.9. The van der Waals surface area contributed by atoms with Crippen molar-refractivity contribution < 1.29 is 24.2 Å². The Bertz CT molecular complexity index is 995. The molecule has 7 heteroatoms. The number of para-hydroxylation sites is 1. The molecule has 0 saturated carbocycles. The van der Waals surface area contributed by atoms with Crippen molar-refractivity contribution in [3.8, 4) is 5.75 Å². The summed E-state index contributed by atoms with van der Waals surface area (Å²) in [6.07, 6.45) is 0.0253. The second kappa shape index (κ2) is 7.49. The van der Waals surface area contributed by atoms with E-state index in [4.69, 9.17) is 0 Å². The highest BCUT2D eigenvalue weighted by atomic mass is 19.1. The van der Waals surface area contributed by atoms with Gasteiger partial charge in [0.25, 0.3) is 0 Å². The van der Waals surface area contributed by atoms with Crippen LogP contribution in [-0.2, 0) is 22.4 Å². The van der Waals surface area contributed by atoms with E-state index in [9.17, 15) is 24.2 Å². The number of hydrogen-bond donors (Lipinski definition) is 4. The van der Waals surface area contributed by atoms with Crippen LogP contribution in [0.25, 0.3) is 10.9 Å². The van der Waals surface area contributed by atoms with E-state index in [1.165, 1.54) is 18.2 Å². The molecule has 0 radical (unpaired) electrons. The number of phenolic OH excluding ortho intramolecular Hbond substituents is 1. The molecule has 1 atom stereocenters. The number of aromatic nitrogens is 1. The molecule has 3 aromatic rings. The number of aromatic amines is 1. The zero-order chi connectivity index (χ0) is 19.6. The van der Waals surface area contributed by atoms with Crippen LogP contribution in [0.1, 0.15) is 16.8 Å². The van der Waals surface area contributed by atoms with Gasteiger partial charge >= 0.3 is 5.97 Å². The second-order valence-corrected chi connectivity index (χ2v) is 6.40. The van der Waals surface area contributed by atoms with Crippen molar-refractivity contribution in [3.63, 3.8) is 0 Å². The smallest absolute Gasteiger partial charge is 0.326 e. The molecular weight excluding hydrogens is 351 g/mol. The Hall–Kier alpha value is -3.35. The summed E-state index contributed by atoms with van der Waals surface area (Å²) < 4.78 is 13.9. The second-order valence-electron chi connectivity index (χ2n) is 6.40. The molecule has 0 aliphatic carbocycles. The first-order valence-electron chi connectivity index (χ1n) is 8.41.